The predicted molar refractivity (Wildman–Crippen MR) is 90.4 cm³/mol. The maximum absolute atomic E-state index is 5.50. The topological polar surface area (TPSA) is 28.4 Å². The molecule has 0 unspecified atom stereocenters. The highest BCUT2D eigenvalue weighted by Crippen LogP contribution is 2.28. The first-order chi connectivity index (χ1) is 9.84. The standard InChI is InChI=1S/C18H34N2O/c1-7-18(8-2,14-19-17(4,5)6)15-20(9-3)13-16-11-10-12-21-16/h10-12,19H,7-9,13-15H2,1-6H3. The van der Waals surface area contributed by atoms with Gasteiger partial charge in [0, 0.05) is 18.6 Å². The second-order valence-electron chi connectivity index (χ2n) is 7.19. The zero-order chi connectivity index (χ0) is 15.9. The van der Waals surface area contributed by atoms with Crippen molar-refractivity contribution >= 4 is 0 Å². The minimum Gasteiger partial charge on any atom is -0.468 e. The van der Waals surface area contributed by atoms with Gasteiger partial charge in [-0.1, -0.05) is 20.8 Å². The number of rotatable bonds is 9. The third-order valence-electron chi connectivity index (χ3n) is 4.46. The van der Waals surface area contributed by atoms with Crippen LogP contribution in [0.25, 0.3) is 0 Å². The van der Waals surface area contributed by atoms with Crippen molar-refractivity contribution < 1.29 is 4.42 Å². The van der Waals surface area contributed by atoms with Gasteiger partial charge in [-0.25, -0.2) is 0 Å². The molecule has 1 rings (SSSR count). The Bertz CT molecular complexity index is 374. The first-order valence-corrected chi connectivity index (χ1v) is 8.34. The summed E-state index contributed by atoms with van der Waals surface area (Å²) in [5, 5.41) is 3.70. The van der Waals surface area contributed by atoms with E-state index >= 15 is 0 Å². The fraction of sp³-hybridized carbons (Fsp3) is 0.778. The van der Waals surface area contributed by atoms with Crippen LogP contribution in [-0.2, 0) is 6.54 Å². The lowest BCUT2D eigenvalue weighted by atomic mass is 9.81. The highest BCUT2D eigenvalue weighted by Gasteiger charge is 2.30. The quantitative estimate of drug-likeness (QED) is 0.736. The molecule has 1 N–H and O–H groups in total. The largest absolute Gasteiger partial charge is 0.468 e. The van der Waals surface area contributed by atoms with Crippen LogP contribution in [0.15, 0.2) is 22.8 Å². The molecular formula is C18H34N2O. The summed E-state index contributed by atoms with van der Waals surface area (Å²) in [4.78, 5) is 2.50. The molecule has 0 aromatic carbocycles. The van der Waals surface area contributed by atoms with Crippen LogP contribution in [0.5, 0.6) is 0 Å². The lowest BCUT2D eigenvalue weighted by Gasteiger charge is -2.39. The molecule has 1 aromatic heterocycles. The van der Waals surface area contributed by atoms with Gasteiger partial charge in [0.15, 0.2) is 0 Å². The minimum absolute atomic E-state index is 0.174. The third kappa shape index (κ3) is 6.23. The summed E-state index contributed by atoms with van der Waals surface area (Å²) in [6.07, 6.45) is 4.15. The van der Waals surface area contributed by atoms with Gasteiger partial charge in [-0.05, 0) is 57.7 Å². The molecule has 21 heavy (non-hydrogen) atoms. The molecule has 1 aromatic rings. The summed E-state index contributed by atoms with van der Waals surface area (Å²) in [6, 6.07) is 4.03. The summed E-state index contributed by atoms with van der Waals surface area (Å²) in [5.41, 5.74) is 0.504. The maximum Gasteiger partial charge on any atom is 0.117 e. The van der Waals surface area contributed by atoms with E-state index in [0.717, 1.165) is 31.9 Å². The second-order valence-corrected chi connectivity index (χ2v) is 7.19. The Morgan fingerprint density at radius 3 is 2.24 bits per heavy atom. The average molecular weight is 294 g/mol. The van der Waals surface area contributed by atoms with Crippen molar-refractivity contribution in [1.29, 1.82) is 0 Å². The average Bonchev–Trinajstić information content (AvgIpc) is 2.94. The number of nitrogens with zero attached hydrogens (tertiary/aromatic N) is 1. The molecule has 0 bridgehead atoms. The van der Waals surface area contributed by atoms with E-state index in [-0.39, 0.29) is 5.54 Å². The molecule has 0 aliphatic heterocycles. The van der Waals surface area contributed by atoms with Crippen LogP contribution in [0, 0.1) is 5.41 Å². The molecule has 122 valence electrons. The van der Waals surface area contributed by atoms with E-state index in [0.29, 0.717) is 5.41 Å². The van der Waals surface area contributed by atoms with Crippen molar-refractivity contribution in [2.45, 2.75) is 66.5 Å². The Morgan fingerprint density at radius 1 is 1.14 bits per heavy atom. The summed E-state index contributed by atoms with van der Waals surface area (Å²) in [7, 11) is 0. The van der Waals surface area contributed by atoms with E-state index in [9.17, 15) is 0 Å². The van der Waals surface area contributed by atoms with Gasteiger partial charge >= 0.3 is 0 Å². The molecule has 0 fully saturated rings. The van der Waals surface area contributed by atoms with Gasteiger partial charge in [-0.3, -0.25) is 4.90 Å². The second kappa shape index (κ2) is 8.00. The molecule has 3 nitrogen and oxygen atoms in total. The molecular weight excluding hydrogens is 260 g/mol. The van der Waals surface area contributed by atoms with Crippen molar-refractivity contribution in [3.05, 3.63) is 24.2 Å². The summed E-state index contributed by atoms with van der Waals surface area (Å²) in [5.74, 6) is 1.06. The molecule has 0 spiro atoms. The molecule has 3 heteroatoms. The fourth-order valence-corrected chi connectivity index (χ4v) is 2.61. The van der Waals surface area contributed by atoms with Crippen LogP contribution in [0.4, 0.5) is 0 Å². The molecule has 0 saturated heterocycles. The summed E-state index contributed by atoms with van der Waals surface area (Å²) in [6.45, 7) is 17.7. The first-order valence-electron chi connectivity index (χ1n) is 8.34. The SMILES string of the molecule is CCN(Cc1ccco1)CC(CC)(CC)CNC(C)(C)C. The van der Waals surface area contributed by atoms with Crippen LogP contribution in [0.3, 0.4) is 0 Å². The summed E-state index contributed by atoms with van der Waals surface area (Å²) >= 11 is 0. The van der Waals surface area contributed by atoms with Crippen LogP contribution < -0.4 is 5.32 Å². The Balaban J connectivity index is 2.69. The van der Waals surface area contributed by atoms with Gasteiger partial charge in [0.05, 0.1) is 12.8 Å². The van der Waals surface area contributed by atoms with Crippen molar-refractivity contribution in [2.75, 3.05) is 19.6 Å². The van der Waals surface area contributed by atoms with Gasteiger partial charge in [-0.2, -0.15) is 0 Å². The molecule has 0 aliphatic rings. The Morgan fingerprint density at radius 2 is 1.81 bits per heavy atom. The Hall–Kier alpha value is -0.800. The van der Waals surface area contributed by atoms with E-state index in [1.54, 1.807) is 6.26 Å². The smallest absolute Gasteiger partial charge is 0.117 e. The lowest BCUT2D eigenvalue weighted by molar-refractivity contribution is 0.119. The van der Waals surface area contributed by atoms with E-state index < -0.39 is 0 Å². The van der Waals surface area contributed by atoms with Crippen LogP contribution >= 0.6 is 0 Å². The zero-order valence-electron chi connectivity index (χ0n) is 14.8. The highest BCUT2D eigenvalue weighted by molar-refractivity contribution is 4.98. The maximum atomic E-state index is 5.50. The van der Waals surface area contributed by atoms with E-state index in [4.69, 9.17) is 4.42 Å². The monoisotopic (exact) mass is 294 g/mol. The third-order valence-corrected chi connectivity index (χ3v) is 4.46. The highest BCUT2D eigenvalue weighted by atomic mass is 16.3. The van der Waals surface area contributed by atoms with E-state index in [2.05, 4.69) is 57.8 Å². The Labute approximate surface area is 131 Å². The predicted octanol–water partition coefficient (Wildman–Crippen LogP) is 4.30. The Kier molecular flexibility index (Phi) is 6.95. The zero-order valence-corrected chi connectivity index (χ0v) is 14.8. The molecule has 0 saturated carbocycles. The summed E-state index contributed by atoms with van der Waals surface area (Å²) < 4.78 is 5.50. The van der Waals surface area contributed by atoms with Crippen LogP contribution in [-0.4, -0.2) is 30.1 Å². The van der Waals surface area contributed by atoms with Gasteiger partial charge in [0.1, 0.15) is 5.76 Å². The van der Waals surface area contributed by atoms with Gasteiger partial charge < -0.3 is 9.73 Å². The van der Waals surface area contributed by atoms with Crippen molar-refractivity contribution in [3.8, 4) is 0 Å². The number of hydrogen-bond donors (Lipinski definition) is 1. The normalized spacial score (nSPS) is 13.1. The van der Waals surface area contributed by atoms with E-state index in [1.807, 2.05) is 6.07 Å². The van der Waals surface area contributed by atoms with Crippen molar-refractivity contribution in [1.82, 2.24) is 10.2 Å². The molecule has 0 amide bonds. The minimum atomic E-state index is 0.174. The number of furan rings is 1. The van der Waals surface area contributed by atoms with E-state index in [1.165, 1.54) is 12.8 Å². The van der Waals surface area contributed by atoms with Gasteiger partial charge in [0.25, 0.3) is 0 Å². The van der Waals surface area contributed by atoms with Gasteiger partial charge in [0.2, 0.25) is 0 Å². The van der Waals surface area contributed by atoms with Crippen molar-refractivity contribution in [2.24, 2.45) is 5.41 Å². The van der Waals surface area contributed by atoms with Crippen LogP contribution in [0.1, 0.15) is 60.1 Å². The fourth-order valence-electron chi connectivity index (χ4n) is 2.61. The van der Waals surface area contributed by atoms with Gasteiger partial charge in [-0.15, -0.1) is 0 Å². The molecule has 1 heterocycles. The lowest BCUT2D eigenvalue weighted by Crippen LogP contribution is -2.48. The number of hydrogen-bond acceptors (Lipinski definition) is 3. The molecule has 0 atom stereocenters. The molecule has 0 radical (unpaired) electrons. The number of nitrogens with one attached hydrogen (secondary N) is 1. The first kappa shape index (κ1) is 18.2. The van der Waals surface area contributed by atoms with Crippen molar-refractivity contribution in [3.63, 3.8) is 0 Å². The molecule has 0 aliphatic carbocycles. The van der Waals surface area contributed by atoms with Crippen LogP contribution in [0.2, 0.25) is 0 Å².